The molecule has 33 heavy (non-hydrogen) atoms. The van der Waals surface area contributed by atoms with Gasteiger partial charge >= 0.3 is 0 Å². The molecule has 1 fully saturated rings. The lowest BCUT2D eigenvalue weighted by atomic mass is 10.1. The Kier molecular flexibility index (Phi) is 6.75. The van der Waals surface area contributed by atoms with Crippen LogP contribution in [0, 0.1) is 6.92 Å². The van der Waals surface area contributed by atoms with Crippen molar-refractivity contribution < 1.29 is 14.3 Å². The summed E-state index contributed by atoms with van der Waals surface area (Å²) in [5, 5.41) is 0.438. The van der Waals surface area contributed by atoms with Crippen LogP contribution in [0.2, 0.25) is 0 Å². The molecule has 168 valence electrons. The molecule has 0 aliphatic carbocycles. The van der Waals surface area contributed by atoms with Crippen LogP contribution in [0.25, 0.3) is 6.08 Å². The van der Waals surface area contributed by atoms with E-state index in [1.807, 2.05) is 73.7 Å². The van der Waals surface area contributed by atoms with Gasteiger partial charge in [-0.05, 0) is 79.7 Å². The Morgan fingerprint density at radius 2 is 1.61 bits per heavy atom. The fourth-order valence-corrected chi connectivity index (χ4v) is 3.92. The molecule has 0 aromatic heterocycles. The van der Waals surface area contributed by atoms with Crippen LogP contribution in [-0.2, 0) is 11.4 Å². The van der Waals surface area contributed by atoms with Gasteiger partial charge in [0, 0.05) is 7.05 Å². The normalized spacial score (nSPS) is 14.8. The van der Waals surface area contributed by atoms with Crippen LogP contribution in [0.15, 0.2) is 78.5 Å². The summed E-state index contributed by atoms with van der Waals surface area (Å²) in [4.78, 5) is 16.4. The zero-order chi connectivity index (χ0) is 23.4. The average Bonchev–Trinajstić information content (AvgIpc) is 3.02. The Morgan fingerprint density at radius 1 is 0.939 bits per heavy atom. The number of carbonyl (C=O) groups is 1. The van der Waals surface area contributed by atoms with Crippen molar-refractivity contribution in [1.82, 2.24) is 4.90 Å². The smallest absolute Gasteiger partial charge is 0.281 e. The van der Waals surface area contributed by atoms with Gasteiger partial charge in [0.2, 0.25) is 0 Å². The summed E-state index contributed by atoms with van der Waals surface area (Å²) >= 11 is 5.55. The van der Waals surface area contributed by atoms with Gasteiger partial charge < -0.3 is 14.4 Å². The molecule has 3 aromatic carbocycles. The second-order valence-corrected chi connectivity index (χ2v) is 8.15. The van der Waals surface area contributed by atoms with Gasteiger partial charge in [0.1, 0.15) is 23.8 Å². The summed E-state index contributed by atoms with van der Waals surface area (Å²) in [6.07, 6.45) is 1.84. The standard InChI is InChI=1S/C27H26N2O3S/c1-4-31-23-14-10-22(11-15-23)29-26(30)25(28(3)27(29)33)17-20-8-12-24(13-9-20)32-18-21-7-5-6-19(2)16-21/h5-17H,4,18H2,1-3H3/b25-17-. The SMILES string of the molecule is CCOc1ccc(N2C(=O)/C(=C/c3ccc(OCc4cccc(C)c4)cc3)N(C)C2=S)cc1. The monoisotopic (exact) mass is 458 g/mol. The Labute approximate surface area is 199 Å². The molecular weight excluding hydrogens is 432 g/mol. The summed E-state index contributed by atoms with van der Waals surface area (Å²) < 4.78 is 11.4. The highest BCUT2D eigenvalue weighted by Crippen LogP contribution is 2.29. The minimum atomic E-state index is -0.161. The Morgan fingerprint density at radius 3 is 2.27 bits per heavy atom. The van der Waals surface area contributed by atoms with Gasteiger partial charge in [-0.15, -0.1) is 0 Å². The predicted octanol–water partition coefficient (Wildman–Crippen LogP) is 5.58. The first-order valence-corrected chi connectivity index (χ1v) is 11.2. The summed E-state index contributed by atoms with van der Waals surface area (Å²) in [6, 6.07) is 23.3. The number of benzene rings is 3. The molecule has 5 nitrogen and oxygen atoms in total. The molecule has 1 aliphatic heterocycles. The van der Waals surface area contributed by atoms with Crippen LogP contribution in [0.4, 0.5) is 5.69 Å². The summed E-state index contributed by atoms with van der Waals surface area (Å²) in [5.41, 5.74) is 4.46. The van der Waals surface area contributed by atoms with Crippen LogP contribution in [0.3, 0.4) is 0 Å². The molecule has 0 bridgehead atoms. The van der Waals surface area contributed by atoms with Crippen molar-refractivity contribution in [2.24, 2.45) is 0 Å². The van der Waals surface area contributed by atoms with Crippen LogP contribution >= 0.6 is 12.2 Å². The van der Waals surface area contributed by atoms with Crippen LogP contribution in [0.1, 0.15) is 23.6 Å². The highest BCUT2D eigenvalue weighted by atomic mass is 32.1. The van der Waals surface area contributed by atoms with Gasteiger partial charge in [0.25, 0.3) is 5.91 Å². The number of aryl methyl sites for hydroxylation is 1. The van der Waals surface area contributed by atoms with Crippen molar-refractivity contribution in [2.45, 2.75) is 20.5 Å². The van der Waals surface area contributed by atoms with Crippen molar-refractivity contribution in [2.75, 3.05) is 18.6 Å². The first-order valence-electron chi connectivity index (χ1n) is 10.8. The molecule has 0 spiro atoms. The molecule has 1 amide bonds. The lowest BCUT2D eigenvalue weighted by molar-refractivity contribution is -0.114. The topological polar surface area (TPSA) is 42.0 Å². The molecule has 6 heteroatoms. The molecule has 4 rings (SSSR count). The van der Waals surface area contributed by atoms with Crippen LogP contribution in [0.5, 0.6) is 11.5 Å². The van der Waals surface area contributed by atoms with E-state index in [-0.39, 0.29) is 5.91 Å². The van der Waals surface area contributed by atoms with Gasteiger partial charge in [-0.2, -0.15) is 0 Å². The second-order valence-electron chi connectivity index (χ2n) is 7.79. The number of hydrogen-bond donors (Lipinski definition) is 0. The molecule has 0 saturated carbocycles. The molecule has 0 unspecified atom stereocenters. The lowest BCUT2D eigenvalue weighted by Gasteiger charge is -2.16. The quantitative estimate of drug-likeness (QED) is 0.342. The van der Waals surface area contributed by atoms with Crippen LogP contribution < -0.4 is 14.4 Å². The average molecular weight is 459 g/mol. The third kappa shape index (κ3) is 5.07. The number of nitrogens with zero attached hydrogens (tertiary/aromatic N) is 2. The summed E-state index contributed by atoms with van der Waals surface area (Å²) in [6.45, 7) is 5.10. The lowest BCUT2D eigenvalue weighted by Crippen LogP contribution is -2.31. The van der Waals surface area contributed by atoms with Gasteiger partial charge in [-0.25, -0.2) is 0 Å². The van der Waals surface area contributed by atoms with Crippen molar-refractivity contribution in [1.29, 1.82) is 0 Å². The first-order chi connectivity index (χ1) is 16.0. The van der Waals surface area contributed by atoms with E-state index in [1.165, 1.54) is 10.5 Å². The second kappa shape index (κ2) is 9.88. The minimum Gasteiger partial charge on any atom is -0.494 e. The minimum absolute atomic E-state index is 0.161. The zero-order valence-electron chi connectivity index (χ0n) is 18.9. The van der Waals surface area contributed by atoms with Crippen molar-refractivity contribution >= 4 is 35.0 Å². The van der Waals surface area contributed by atoms with Crippen LogP contribution in [-0.4, -0.2) is 29.6 Å². The number of anilines is 1. The maximum atomic E-state index is 13.2. The van der Waals surface area contributed by atoms with Gasteiger partial charge in [0.05, 0.1) is 12.3 Å². The largest absolute Gasteiger partial charge is 0.494 e. The fourth-order valence-electron chi connectivity index (χ4n) is 3.63. The van der Waals surface area contributed by atoms with Crippen molar-refractivity contribution in [3.05, 3.63) is 95.2 Å². The molecule has 3 aromatic rings. The number of thiocarbonyl (C=S) groups is 1. The third-order valence-corrected chi connectivity index (χ3v) is 5.80. The van der Waals surface area contributed by atoms with E-state index in [0.29, 0.717) is 29.7 Å². The highest BCUT2D eigenvalue weighted by molar-refractivity contribution is 7.80. The summed E-state index contributed by atoms with van der Waals surface area (Å²) in [5.74, 6) is 1.37. The molecule has 0 N–H and O–H groups in total. The predicted molar refractivity (Wildman–Crippen MR) is 135 cm³/mol. The van der Waals surface area contributed by atoms with E-state index in [1.54, 1.807) is 11.9 Å². The number of ether oxygens (including phenoxy) is 2. The zero-order valence-corrected chi connectivity index (χ0v) is 19.8. The van der Waals surface area contributed by atoms with Gasteiger partial charge in [-0.3, -0.25) is 9.69 Å². The number of rotatable bonds is 7. The van der Waals surface area contributed by atoms with Crippen molar-refractivity contribution in [3.8, 4) is 11.5 Å². The highest BCUT2D eigenvalue weighted by Gasteiger charge is 2.36. The third-order valence-electron chi connectivity index (χ3n) is 5.34. The van der Waals surface area contributed by atoms with E-state index in [9.17, 15) is 4.79 Å². The maximum absolute atomic E-state index is 13.2. The fraction of sp³-hybridized carbons (Fsp3) is 0.185. The molecule has 1 aliphatic rings. The van der Waals surface area contributed by atoms with E-state index in [0.717, 1.165) is 22.6 Å². The Hall–Kier alpha value is -3.64. The number of carbonyl (C=O) groups excluding carboxylic acids is 1. The molecule has 0 atom stereocenters. The van der Waals surface area contributed by atoms with E-state index < -0.39 is 0 Å². The number of amides is 1. The Bertz CT molecular complexity index is 1190. The van der Waals surface area contributed by atoms with E-state index >= 15 is 0 Å². The molecule has 1 heterocycles. The number of hydrogen-bond acceptors (Lipinski definition) is 4. The van der Waals surface area contributed by atoms with E-state index in [2.05, 4.69) is 19.1 Å². The Balaban J connectivity index is 1.47. The number of likely N-dealkylation sites (N-methyl/N-ethyl adjacent to an activating group) is 1. The maximum Gasteiger partial charge on any atom is 0.281 e. The summed E-state index contributed by atoms with van der Waals surface area (Å²) in [7, 11) is 1.81. The van der Waals surface area contributed by atoms with E-state index in [4.69, 9.17) is 21.7 Å². The van der Waals surface area contributed by atoms with Gasteiger partial charge in [0.15, 0.2) is 5.11 Å². The molecule has 1 saturated heterocycles. The molecular formula is C27H26N2O3S. The van der Waals surface area contributed by atoms with Gasteiger partial charge in [-0.1, -0.05) is 42.0 Å². The first kappa shape index (κ1) is 22.6. The van der Waals surface area contributed by atoms with Crippen molar-refractivity contribution in [3.63, 3.8) is 0 Å². The molecule has 0 radical (unpaired) electrons.